The van der Waals surface area contributed by atoms with Crippen molar-refractivity contribution < 1.29 is 19.1 Å². The molecule has 1 aromatic rings. The fraction of sp³-hybridized carbons (Fsp3) is 0.389. The summed E-state index contributed by atoms with van der Waals surface area (Å²) in [7, 11) is 0. The number of nitrogens with zero attached hydrogens (tertiary/aromatic N) is 1. The number of amides is 2. The molecule has 1 saturated heterocycles. The quantitative estimate of drug-likeness (QED) is 0.340. The van der Waals surface area contributed by atoms with E-state index in [-0.39, 0.29) is 29.3 Å². The van der Waals surface area contributed by atoms with Crippen LogP contribution in [-0.4, -0.2) is 55.6 Å². The molecule has 0 spiro atoms. The molecule has 1 aromatic carbocycles. The molecule has 2 heterocycles. The minimum atomic E-state index is -1.75. The Balaban J connectivity index is 1.68. The Morgan fingerprint density at radius 1 is 1.28 bits per heavy atom. The Hall–Kier alpha value is -0.930. The third kappa shape index (κ3) is 5.41. The van der Waals surface area contributed by atoms with E-state index in [0.29, 0.717) is 16.7 Å². The summed E-state index contributed by atoms with van der Waals surface area (Å²) in [6.07, 6.45) is 0.169. The maximum atomic E-state index is 12.7. The highest BCUT2D eigenvalue weighted by atomic mass is 79.9. The Labute approximate surface area is 195 Å². The highest BCUT2D eigenvalue weighted by molar-refractivity contribution is 9.09. The number of hydrogen-bond donors (Lipinski definition) is 1. The van der Waals surface area contributed by atoms with E-state index in [9.17, 15) is 14.4 Å². The number of esters is 1. The lowest BCUT2D eigenvalue weighted by molar-refractivity contribution is -0.152. The molecular weight excluding hydrogens is 527 g/mol. The van der Waals surface area contributed by atoms with Gasteiger partial charge in [-0.1, -0.05) is 81.1 Å². The van der Waals surface area contributed by atoms with Crippen molar-refractivity contribution >= 4 is 80.3 Å². The summed E-state index contributed by atoms with van der Waals surface area (Å²) in [5.74, 6) is -0.866. The van der Waals surface area contributed by atoms with Crippen LogP contribution < -0.4 is 5.32 Å². The summed E-state index contributed by atoms with van der Waals surface area (Å²) in [5, 5.41) is 2.76. The predicted octanol–water partition coefficient (Wildman–Crippen LogP) is 3.19. The Morgan fingerprint density at radius 3 is 2.59 bits per heavy atom. The van der Waals surface area contributed by atoms with Gasteiger partial charge in [0.05, 0.1) is 6.42 Å². The summed E-state index contributed by atoms with van der Waals surface area (Å²) >= 11 is 21.7. The van der Waals surface area contributed by atoms with Crippen molar-refractivity contribution in [2.24, 2.45) is 0 Å². The lowest BCUT2D eigenvalue weighted by atomic mass is 10.0. The number of ether oxygens (including phenoxy) is 1. The summed E-state index contributed by atoms with van der Waals surface area (Å²) in [6.45, 7) is -0.438. The molecule has 0 aliphatic carbocycles. The van der Waals surface area contributed by atoms with Gasteiger partial charge in [-0.05, 0) is 11.1 Å². The summed E-state index contributed by atoms with van der Waals surface area (Å²) < 4.78 is 3.32. The number of fused-ring (bicyclic) bond motifs is 1. The van der Waals surface area contributed by atoms with Gasteiger partial charge >= 0.3 is 5.97 Å². The van der Waals surface area contributed by atoms with Crippen molar-refractivity contribution in [1.29, 1.82) is 0 Å². The maximum absolute atomic E-state index is 12.7. The zero-order chi connectivity index (χ0) is 21.2. The number of halogens is 4. The van der Waals surface area contributed by atoms with Crippen LogP contribution in [0.4, 0.5) is 0 Å². The number of rotatable bonds is 6. The smallest absolute Gasteiger partial charge is 0.355 e. The Kier molecular flexibility index (Phi) is 7.43. The molecule has 11 heteroatoms. The number of β-lactam (4-membered cyclic amide) rings is 1. The molecule has 2 amide bonds. The molecule has 0 aromatic heterocycles. The van der Waals surface area contributed by atoms with Crippen molar-refractivity contribution in [1.82, 2.24) is 10.2 Å². The zero-order valence-corrected chi connectivity index (χ0v) is 19.5. The Morgan fingerprint density at radius 2 is 1.97 bits per heavy atom. The number of benzene rings is 1. The van der Waals surface area contributed by atoms with Crippen LogP contribution >= 0.6 is 62.5 Å². The van der Waals surface area contributed by atoms with Crippen LogP contribution in [0.25, 0.3) is 0 Å². The molecular formula is C18H16BrCl3N2O4S. The number of nitrogens with one attached hydrogen (secondary N) is 1. The van der Waals surface area contributed by atoms with Crippen molar-refractivity contribution in [2.45, 2.75) is 21.6 Å². The zero-order valence-electron chi connectivity index (χ0n) is 14.9. The van der Waals surface area contributed by atoms with Crippen molar-refractivity contribution in [3.63, 3.8) is 0 Å². The van der Waals surface area contributed by atoms with E-state index in [4.69, 9.17) is 39.5 Å². The van der Waals surface area contributed by atoms with Crippen LogP contribution in [0.1, 0.15) is 5.56 Å². The molecule has 6 nitrogen and oxygen atoms in total. The van der Waals surface area contributed by atoms with E-state index >= 15 is 0 Å². The van der Waals surface area contributed by atoms with Gasteiger partial charge in [-0.2, -0.15) is 0 Å². The second kappa shape index (κ2) is 9.47. The van der Waals surface area contributed by atoms with Crippen molar-refractivity contribution in [2.75, 3.05) is 17.7 Å². The monoisotopic (exact) mass is 540 g/mol. The van der Waals surface area contributed by atoms with E-state index < -0.39 is 22.4 Å². The summed E-state index contributed by atoms with van der Waals surface area (Å²) in [5.41, 5.74) is 1.68. The highest BCUT2D eigenvalue weighted by Gasteiger charge is 2.54. The first-order valence-electron chi connectivity index (χ1n) is 8.51. The van der Waals surface area contributed by atoms with Gasteiger partial charge in [-0.25, -0.2) is 4.79 Å². The van der Waals surface area contributed by atoms with Gasteiger partial charge in [0.1, 0.15) is 23.7 Å². The molecule has 2 aliphatic rings. The normalized spacial score (nSPS) is 21.4. The standard InChI is InChI=1S/C18H16BrCl3N2O4S/c19-7-11-8-29-16-13(23-12(25)6-10-4-2-1-3-5-10)15(26)24(16)14(11)17(27)28-9-18(20,21)22/h1-5,13,16H,6-9H2,(H,23,25)/t13-,16-/m1/s1. The molecule has 0 unspecified atom stereocenters. The third-order valence-electron chi connectivity index (χ3n) is 4.29. The first-order chi connectivity index (χ1) is 13.7. The molecule has 2 atom stereocenters. The number of carbonyl (C=O) groups excluding carboxylic acids is 3. The number of alkyl halides is 4. The molecule has 0 saturated carbocycles. The average Bonchev–Trinajstić information content (AvgIpc) is 2.69. The van der Waals surface area contributed by atoms with E-state index in [1.165, 1.54) is 16.7 Å². The molecule has 1 N–H and O–H groups in total. The molecule has 0 bridgehead atoms. The Bertz CT molecular complexity index is 847. The van der Waals surface area contributed by atoms with Gasteiger partial charge in [0.15, 0.2) is 0 Å². The van der Waals surface area contributed by atoms with Gasteiger partial charge in [0, 0.05) is 11.1 Å². The van der Waals surface area contributed by atoms with Crippen LogP contribution in [-0.2, 0) is 25.5 Å². The van der Waals surface area contributed by atoms with Gasteiger partial charge in [0.2, 0.25) is 9.70 Å². The maximum Gasteiger partial charge on any atom is 0.355 e. The molecule has 2 aliphatic heterocycles. The first-order valence-corrected chi connectivity index (χ1v) is 11.8. The van der Waals surface area contributed by atoms with E-state index in [1.807, 2.05) is 30.3 Å². The SMILES string of the molecule is O=C(Cc1ccccc1)N[C@@H]1C(=O)N2C(C(=O)OCC(Cl)(Cl)Cl)=C(CBr)CS[C@H]12. The molecule has 29 heavy (non-hydrogen) atoms. The molecule has 1 fully saturated rings. The summed E-state index contributed by atoms with van der Waals surface area (Å²) in [4.78, 5) is 39.0. The number of carbonyl (C=O) groups is 3. The lowest BCUT2D eigenvalue weighted by Crippen LogP contribution is -2.70. The van der Waals surface area contributed by atoms with Gasteiger partial charge in [-0.3, -0.25) is 14.5 Å². The molecule has 156 valence electrons. The second-order valence-electron chi connectivity index (χ2n) is 6.39. The third-order valence-corrected chi connectivity index (χ3v) is 6.64. The first kappa shape index (κ1) is 22.7. The molecule has 0 radical (unpaired) electrons. The fourth-order valence-electron chi connectivity index (χ4n) is 3.00. The lowest BCUT2D eigenvalue weighted by Gasteiger charge is -2.49. The topological polar surface area (TPSA) is 75.7 Å². The largest absolute Gasteiger partial charge is 0.456 e. The minimum Gasteiger partial charge on any atom is -0.456 e. The van der Waals surface area contributed by atoms with Crippen LogP contribution in [0.3, 0.4) is 0 Å². The predicted molar refractivity (Wildman–Crippen MR) is 117 cm³/mol. The van der Waals surface area contributed by atoms with Crippen molar-refractivity contribution in [3.05, 3.63) is 47.2 Å². The van der Waals surface area contributed by atoms with E-state index in [1.54, 1.807) is 0 Å². The second-order valence-corrected chi connectivity index (χ2v) is 10.6. The molecule has 3 rings (SSSR count). The highest BCUT2D eigenvalue weighted by Crippen LogP contribution is 2.41. The van der Waals surface area contributed by atoms with Crippen LogP contribution in [0.2, 0.25) is 0 Å². The van der Waals surface area contributed by atoms with E-state index in [0.717, 1.165) is 5.56 Å². The van der Waals surface area contributed by atoms with E-state index in [2.05, 4.69) is 21.2 Å². The van der Waals surface area contributed by atoms with Crippen LogP contribution in [0, 0.1) is 0 Å². The van der Waals surface area contributed by atoms with Crippen molar-refractivity contribution in [3.8, 4) is 0 Å². The van der Waals surface area contributed by atoms with Gasteiger partial charge in [-0.15, -0.1) is 11.8 Å². The van der Waals surface area contributed by atoms with Gasteiger partial charge in [0.25, 0.3) is 5.91 Å². The van der Waals surface area contributed by atoms with Crippen LogP contribution in [0.5, 0.6) is 0 Å². The fourth-order valence-corrected chi connectivity index (χ4v) is 5.23. The number of thioether (sulfide) groups is 1. The van der Waals surface area contributed by atoms with Crippen LogP contribution in [0.15, 0.2) is 41.6 Å². The summed E-state index contributed by atoms with van der Waals surface area (Å²) in [6, 6.07) is 8.53. The number of hydrogen-bond acceptors (Lipinski definition) is 5. The average molecular weight is 543 g/mol. The minimum absolute atomic E-state index is 0.137. The van der Waals surface area contributed by atoms with Gasteiger partial charge < -0.3 is 10.1 Å².